The topological polar surface area (TPSA) is 71.1 Å². The lowest BCUT2D eigenvalue weighted by Crippen LogP contribution is -2.22. The number of hydrogen-bond donors (Lipinski definition) is 1. The van der Waals surface area contributed by atoms with Crippen molar-refractivity contribution < 1.29 is 9.53 Å². The fourth-order valence-electron chi connectivity index (χ4n) is 2.86. The predicted molar refractivity (Wildman–Crippen MR) is 107 cm³/mol. The van der Waals surface area contributed by atoms with E-state index in [2.05, 4.69) is 48.1 Å². The van der Waals surface area contributed by atoms with Crippen molar-refractivity contribution in [2.45, 2.75) is 33.4 Å². The molecule has 0 aliphatic heterocycles. The maximum Gasteiger partial charge on any atom is 0.358 e. The van der Waals surface area contributed by atoms with Crippen molar-refractivity contribution in [1.82, 2.24) is 20.1 Å². The fourth-order valence-corrected chi connectivity index (χ4v) is 4.05. The summed E-state index contributed by atoms with van der Waals surface area (Å²) in [6.45, 7) is 6.98. The number of rotatable bonds is 7. The van der Waals surface area contributed by atoms with Crippen LogP contribution in [0.2, 0.25) is 0 Å². The molecule has 142 valence electrons. The normalized spacial score (nSPS) is 12.3. The monoisotopic (exact) mass is 384 g/mol. The largest absolute Gasteiger partial charge is 0.461 e. The van der Waals surface area contributed by atoms with Crippen molar-refractivity contribution in [3.8, 4) is 10.6 Å². The molecule has 27 heavy (non-hydrogen) atoms. The number of thiazole rings is 1. The molecular weight excluding hydrogens is 360 g/mol. The zero-order valence-electron chi connectivity index (χ0n) is 16.0. The van der Waals surface area contributed by atoms with Gasteiger partial charge in [0, 0.05) is 23.0 Å². The Morgan fingerprint density at radius 2 is 2.07 bits per heavy atom. The number of carbonyl (C=O) groups is 1. The van der Waals surface area contributed by atoms with Crippen molar-refractivity contribution >= 4 is 17.3 Å². The van der Waals surface area contributed by atoms with E-state index < -0.39 is 5.97 Å². The van der Waals surface area contributed by atoms with E-state index in [0.29, 0.717) is 18.8 Å². The summed E-state index contributed by atoms with van der Waals surface area (Å²) >= 11 is 1.72. The summed E-state index contributed by atoms with van der Waals surface area (Å²) in [4.78, 5) is 19.9. The van der Waals surface area contributed by atoms with Crippen LogP contribution in [-0.2, 0) is 11.3 Å². The van der Waals surface area contributed by atoms with Crippen LogP contribution in [0, 0.1) is 6.92 Å². The summed E-state index contributed by atoms with van der Waals surface area (Å²) in [5.74, 6) is -0.401. The minimum absolute atomic E-state index is 0.189. The molecule has 1 aromatic carbocycles. The van der Waals surface area contributed by atoms with E-state index in [1.54, 1.807) is 24.3 Å². The molecule has 0 spiro atoms. The predicted octanol–water partition coefficient (Wildman–Crippen LogP) is 4.21. The zero-order chi connectivity index (χ0) is 19.4. The Morgan fingerprint density at radius 3 is 2.78 bits per heavy atom. The second-order valence-corrected chi connectivity index (χ2v) is 7.46. The Bertz CT molecular complexity index is 904. The number of aromatic nitrogens is 3. The third-order valence-electron chi connectivity index (χ3n) is 4.43. The molecule has 0 amide bonds. The highest BCUT2D eigenvalue weighted by Gasteiger charge is 2.20. The summed E-state index contributed by atoms with van der Waals surface area (Å²) in [5, 5.41) is 8.01. The summed E-state index contributed by atoms with van der Waals surface area (Å²) < 4.78 is 4.98. The summed E-state index contributed by atoms with van der Waals surface area (Å²) in [6, 6.07) is 12.2. The van der Waals surface area contributed by atoms with Crippen molar-refractivity contribution in [2.24, 2.45) is 0 Å². The smallest absolute Gasteiger partial charge is 0.358 e. The number of esters is 1. The van der Waals surface area contributed by atoms with Crippen LogP contribution in [0.4, 0.5) is 0 Å². The fraction of sp³-hybridized carbons (Fsp3) is 0.350. The minimum atomic E-state index is -0.401. The molecule has 2 heterocycles. The average molecular weight is 385 g/mol. The van der Waals surface area contributed by atoms with Gasteiger partial charge in [0.15, 0.2) is 5.69 Å². The molecule has 1 N–H and O–H groups in total. The molecule has 0 fully saturated rings. The van der Waals surface area contributed by atoms with Gasteiger partial charge in [-0.3, -0.25) is 10.00 Å². The number of ether oxygens (including phenoxy) is 1. The molecule has 0 bridgehead atoms. The van der Waals surface area contributed by atoms with Crippen LogP contribution in [0.5, 0.6) is 0 Å². The van der Waals surface area contributed by atoms with Gasteiger partial charge in [-0.1, -0.05) is 30.3 Å². The van der Waals surface area contributed by atoms with Gasteiger partial charge in [0.05, 0.1) is 18.0 Å². The Balaban J connectivity index is 1.71. The number of hydrogen-bond acceptors (Lipinski definition) is 6. The molecule has 0 saturated carbocycles. The second kappa shape index (κ2) is 8.45. The van der Waals surface area contributed by atoms with Crippen LogP contribution in [0.1, 0.15) is 46.6 Å². The molecule has 3 rings (SSSR count). The van der Waals surface area contributed by atoms with E-state index >= 15 is 0 Å². The van der Waals surface area contributed by atoms with Crippen molar-refractivity contribution in [3.05, 3.63) is 58.4 Å². The average Bonchev–Trinajstić information content (AvgIpc) is 3.29. The molecular formula is C20H24N4O2S. The van der Waals surface area contributed by atoms with Gasteiger partial charge in [-0.2, -0.15) is 5.10 Å². The van der Waals surface area contributed by atoms with Gasteiger partial charge >= 0.3 is 5.97 Å². The maximum absolute atomic E-state index is 11.8. The van der Waals surface area contributed by atoms with Crippen LogP contribution >= 0.6 is 11.3 Å². The van der Waals surface area contributed by atoms with Gasteiger partial charge < -0.3 is 4.74 Å². The Morgan fingerprint density at radius 1 is 1.33 bits per heavy atom. The highest BCUT2D eigenvalue weighted by atomic mass is 32.1. The molecule has 3 aromatic rings. The van der Waals surface area contributed by atoms with E-state index in [-0.39, 0.29) is 6.04 Å². The van der Waals surface area contributed by atoms with E-state index in [1.807, 2.05) is 18.2 Å². The molecule has 7 heteroatoms. The van der Waals surface area contributed by atoms with E-state index in [1.165, 1.54) is 4.88 Å². The van der Waals surface area contributed by atoms with Crippen LogP contribution in [0.15, 0.2) is 36.4 Å². The van der Waals surface area contributed by atoms with Gasteiger partial charge in [0.2, 0.25) is 0 Å². The number of nitrogens with zero attached hydrogens (tertiary/aromatic N) is 3. The standard InChI is InChI=1S/C20H24N4O2S/c1-5-26-20(25)17-11-16(22-23-17)12-24(4)14(3)18-13(2)21-19(27-18)15-9-7-6-8-10-15/h6-11,14H,5,12H2,1-4H3,(H,22,23). The van der Waals surface area contributed by atoms with Crippen LogP contribution < -0.4 is 0 Å². The maximum atomic E-state index is 11.8. The van der Waals surface area contributed by atoms with Gasteiger partial charge in [0.1, 0.15) is 5.01 Å². The first-order valence-corrected chi connectivity index (χ1v) is 9.75. The Hall–Kier alpha value is -2.51. The quantitative estimate of drug-likeness (QED) is 0.618. The number of H-pyrrole nitrogens is 1. The minimum Gasteiger partial charge on any atom is -0.461 e. The number of aryl methyl sites for hydroxylation is 1. The number of benzene rings is 1. The summed E-state index contributed by atoms with van der Waals surface area (Å²) in [5.41, 5.74) is 3.38. The highest BCUT2D eigenvalue weighted by Crippen LogP contribution is 2.34. The third-order valence-corrected chi connectivity index (χ3v) is 5.81. The van der Waals surface area contributed by atoms with Gasteiger partial charge in [0.25, 0.3) is 0 Å². The lowest BCUT2D eigenvalue weighted by atomic mass is 10.2. The van der Waals surface area contributed by atoms with Crippen LogP contribution in [0.3, 0.4) is 0 Å². The first kappa shape index (κ1) is 19.3. The first-order chi connectivity index (χ1) is 13.0. The third kappa shape index (κ3) is 4.43. The molecule has 0 saturated heterocycles. The second-order valence-electron chi connectivity index (χ2n) is 6.42. The molecule has 0 aliphatic carbocycles. The number of aromatic amines is 1. The highest BCUT2D eigenvalue weighted by molar-refractivity contribution is 7.15. The Kier molecular flexibility index (Phi) is 6.03. The molecule has 0 radical (unpaired) electrons. The molecule has 1 unspecified atom stereocenters. The van der Waals surface area contributed by atoms with E-state index in [0.717, 1.165) is 22.0 Å². The molecule has 6 nitrogen and oxygen atoms in total. The summed E-state index contributed by atoms with van der Waals surface area (Å²) in [6.07, 6.45) is 0. The SMILES string of the molecule is CCOC(=O)c1cc(CN(C)C(C)c2sc(-c3ccccc3)nc2C)[nH]n1. The number of carbonyl (C=O) groups excluding carboxylic acids is 1. The van der Waals surface area contributed by atoms with Gasteiger partial charge in [-0.15, -0.1) is 11.3 Å². The molecule has 2 aromatic heterocycles. The van der Waals surface area contributed by atoms with Gasteiger partial charge in [-0.25, -0.2) is 9.78 Å². The summed E-state index contributed by atoms with van der Waals surface area (Å²) in [7, 11) is 2.05. The van der Waals surface area contributed by atoms with E-state index in [4.69, 9.17) is 9.72 Å². The van der Waals surface area contributed by atoms with Crippen LogP contribution in [0.25, 0.3) is 10.6 Å². The van der Waals surface area contributed by atoms with Crippen molar-refractivity contribution in [2.75, 3.05) is 13.7 Å². The lowest BCUT2D eigenvalue weighted by molar-refractivity contribution is 0.0519. The Labute approximate surface area is 163 Å². The molecule has 1 atom stereocenters. The first-order valence-electron chi connectivity index (χ1n) is 8.94. The van der Waals surface area contributed by atoms with Crippen molar-refractivity contribution in [1.29, 1.82) is 0 Å². The number of nitrogens with one attached hydrogen (secondary N) is 1. The van der Waals surface area contributed by atoms with Gasteiger partial charge in [-0.05, 0) is 33.9 Å². The van der Waals surface area contributed by atoms with Crippen molar-refractivity contribution in [3.63, 3.8) is 0 Å². The zero-order valence-corrected chi connectivity index (χ0v) is 16.8. The molecule has 0 aliphatic rings. The lowest BCUT2D eigenvalue weighted by Gasteiger charge is -2.23. The van der Waals surface area contributed by atoms with E-state index in [9.17, 15) is 4.79 Å². The van der Waals surface area contributed by atoms with Crippen LogP contribution in [-0.4, -0.2) is 39.7 Å².